The number of nitrogens with zero attached hydrogens (tertiary/aromatic N) is 4. The molecule has 23 heavy (non-hydrogen) atoms. The summed E-state index contributed by atoms with van der Waals surface area (Å²) < 4.78 is 1.89. The Bertz CT molecular complexity index is 920. The van der Waals surface area contributed by atoms with Gasteiger partial charge in [0, 0.05) is 23.5 Å². The third-order valence-electron chi connectivity index (χ3n) is 4.06. The van der Waals surface area contributed by atoms with Crippen LogP contribution in [0.5, 0.6) is 0 Å². The van der Waals surface area contributed by atoms with Gasteiger partial charge in [0.15, 0.2) is 11.5 Å². The van der Waals surface area contributed by atoms with Crippen LogP contribution in [0.1, 0.15) is 16.8 Å². The SMILES string of the molecule is Cc1cc(C)n2nc(-c3ccc(N)cc3)nc2c1C1=NCCN1. The van der Waals surface area contributed by atoms with E-state index >= 15 is 0 Å². The molecule has 6 heteroatoms. The van der Waals surface area contributed by atoms with Crippen LogP contribution in [0.25, 0.3) is 17.0 Å². The van der Waals surface area contributed by atoms with E-state index in [2.05, 4.69) is 28.4 Å². The lowest BCUT2D eigenvalue weighted by Gasteiger charge is -2.09. The van der Waals surface area contributed by atoms with E-state index in [0.29, 0.717) is 5.82 Å². The highest BCUT2D eigenvalue weighted by Gasteiger charge is 2.19. The molecule has 0 atom stereocenters. The first-order chi connectivity index (χ1) is 11.1. The van der Waals surface area contributed by atoms with Crippen molar-refractivity contribution >= 4 is 17.2 Å². The molecule has 4 rings (SSSR count). The number of benzene rings is 1. The molecule has 2 aromatic heterocycles. The number of amidine groups is 1. The second-order valence-corrected chi connectivity index (χ2v) is 5.79. The lowest BCUT2D eigenvalue weighted by molar-refractivity contribution is 0.911. The Morgan fingerprint density at radius 1 is 1.17 bits per heavy atom. The van der Waals surface area contributed by atoms with E-state index in [1.807, 2.05) is 35.7 Å². The number of aliphatic imine (C=N–C) groups is 1. The quantitative estimate of drug-likeness (QED) is 0.709. The molecule has 0 aliphatic carbocycles. The third kappa shape index (κ3) is 2.23. The monoisotopic (exact) mass is 306 g/mol. The van der Waals surface area contributed by atoms with Gasteiger partial charge in [-0.2, -0.15) is 0 Å². The van der Waals surface area contributed by atoms with Crippen LogP contribution in [0, 0.1) is 13.8 Å². The van der Waals surface area contributed by atoms with E-state index in [1.165, 1.54) is 0 Å². The molecule has 0 unspecified atom stereocenters. The van der Waals surface area contributed by atoms with Gasteiger partial charge in [-0.05, 0) is 49.7 Å². The molecule has 3 heterocycles. The summed E-state index contributed by atoms with van der Waals surface area (Å²) in [4.78, 5) is 9.32. The zero-order chi connectivity index (χ0) is 16.0. The Labute approximate surface area is 134 Å². The number of aryl methyl sites for hydroxylation is 2. The van der Waals surface area contributed by atoms with Crippen LogP contribution in [-0.2, 0) is 0 Å². The number of hydrogen-bond donors (Lipinski definition) is 2. The molecular formula is C17H18N6. The second kappa shape index (κ2) is 5.08. The van der Waals surface area contributed by atoms with Gasteiger partial charge >= 0.3 is 0 Å². The van der Waals surface area contributed by atoms with Gasteiger partial charge in [-0.25, -0.2) is 9.50 Å². The largest absolute Gasteiger partial charge is 0.399 e. The van der Waals surface area contributed by atoms with Crippen molar-refractivity contribution in [2.75, 3.05) is 18.8 Å². The topological polar surface area (TPSA) is 80.6 Å². The first-order valence-electron chi connectivity index (χ1n) is 7.65. The van der Waals surface area contributed by atoms with E-state index in [4.69, 9.17) is 10.7 Å². The Kier molecular flexibility index (Phi) is 3.04. The zero-order valence-corrected chi connectivity index (χ0v) is 13.2. The molecule has 6 nitrogen and oxygen atoms in total. The number of nitrogens with one attached hydrogen (secondary N) is 1. The molecule has 0 spiro atoms. The maximum atomic E-state index is 5.76. The Hall–Kier alpha value is -2.89. The van der Waals surface area contributed by atoms with Crippen LogP contribution >= 0.6 is 0 Å². The minimum absolute atomic E-state index is 0.693. The molecule has 3 aromatic rings. The second-order valence-electron chi connectivity index (χ2n) is 5.79. The Morgan fingerprint density at radius 3 is 2.65 bits per heavy atom. The summed E-state index contributed by atoms with van der Waals surface area (Å²) in [5, 5.41) is 8.00. The van der Waals surface area contributed by atoms with E-state index in [0.717, 1.165) is 52.6 Å². The predicted molar refractivity (Wildman–Crippen MR) is 91.7 cm³/mol. The van der Waals surface area contributed by atoms with Crippen LogP contribution < -0.4 is 11.1 Å². The summed E-state index contributed by atoms with van der Waals surface area (Å²) in [7, 11) is 0. The van der Waals surface area contributed by atoms with Gasteiger partial charge in [-0.15, -0.1) is 5.10 Å². The van der Waals surface area contributed by atoms with Crippen molar-refractivity contribution in [2.45, 2.75) is 13.8 Å². The molecule has 1 aliphatic heterocycles. The average Bonchev–Trinajstić information content (AvgIpc) is 3.18. The summed E-state index contributed by atoms with van der Waals surface area (Å²) in [6.45, 7) is 5.79. The minimum Gasteiger partial charge on any atom is -0.399 e. The van der Waals surface area contributed by atoms with Gasteiger partial charge in [0.2, 0.25) is 0 Å². The van der Waals surface area contributed by atoms with Crippen LogP contribution in [0.4, 0.5) is 5.69 Å². The lowest BCUT2D eigenvalue weighted by Crippen LogP contribution is -2.21. The molecule has 3 N–H and O–H groups in total. The van der Waals surface area contributed by atoms with Crippen molar-refractivity contribution < 1.29 is 0 Å². The van der Waals surface area contributed by atoms with Gasteiger partial charge in [-0.3, -0.25) is 4.99 Å². The molecule has 0 bridgehead atoms. The van der Waals surface area contributed by atoms with Gasteiger partial charge in [0.25, 0.3) is 0 Å². The van der Waals surface area contributed by atoms with Crippen molar-refractivity contribution in [1.29, 1.82) is 0 Å². The van der Waals surface area contributed by atoms with E-state index in [1.54, 1.807) is 0 Å². The predicted octanol–water partition coefficient (Wildman–Crippen LogP) is 1.95. The smallest absolute Gasteiger partial charge is 0.182 e. The zero-order valence-electron chi connectivity index (χ0n) is 13.2. The van der Waals surface area contributed by atoms with Crippen LogP contribution in [0.3, 0.4) is 0 Å². The molecule has 1 aromatic carbocycles. The first kappa shape index (κ1) is 13.8. The van der Waals surface area contributed by atoms with Crippen molar-refractivity contribution in [3.8, 4) is 11.4 Å². The standard InChI is InChI=1S/C17H18N6/c1-10-9-11(2)23-17(14(10)16-19-7-8-20-16)21-15(22-23)12-3-5-13(18)6-4-12/h3-6,9H,7-8,18H2,1-2H3,(H,19,20). The molecule has 0 amide bonds. The highest BCUT2D eigenvalue weighted by Crippen LogP contribution is 2.23. The van der Waals surface area contributed by atoms with Crippen molar-refractivity contribution in [2.24, 2.45) is 4.99 Å². The van der Waals surface area contributed by atoms with E-state index in [9.17, 15) is 0 Å². The maximum absolute atomic E-state index is 5.76. The van der Waals surface area contributed by atoms with Crippen LogP contribution in [-0.4, -0.2) is 33.5 Å². The molecule has 0 saturated carbocycles. The number of nitrogen functional groups attached to an aromatic ring is 1. The molecule has 0 fully saturated rings. The van der Waals surface area contributed by atoms with Crippen molar-refractivity contribution in [3.63, 3.8) is 0 Å². The fourth-order valence-electron chi connectivity index (χ4n) is 2.96. The minimum atomic E-state index is 0.693. The summed E-state index contributed by atoms with van der Waals surface area (Å²) in [6.07, 6.45) is 0. The van der Waals surface area contributed by atoms with Crippen molar-refractivity contribution in [3.05, 3.63) is 47.2 Å². The molecule has 1 aliphatic rings. The molecular weight excluding hydrogens is 288 g/mol. The molecule has 0 saturated heterocycles. The summed E-state index contributed by atoms with van der Waals surface area (Å²) in [5.74, 6) is 1.60. The van der Waals surface area contributed by atoms with Crippen LogP contribution in [0.2, 0.25) is 0 Å². The normalized spacial score (nSPS) is 14.1. The number of rotatable bonds is 2. The fourth-order valence-corrected chi connectivity index (χ4v) is 2.96. The van der Waals surface area contributed by atoms with Gasteiger partial charge < -0.3 is 11.1 Å². The highest BCUT2D eigenvalue weighted by molar-refractivity contribution is 6.06. The van der Waals surface area contributed by atoms with E-state index < -0.39 is 0 Å². The van der Waals surface area contributed by atoms with E-state index in [-0.39, 0.29) is 0 Å². The third-order valence-corrected chi connectivity index (χ3v) is 4.06. The van der Waals surface area contributed by atoms with Gasteiger partial charge in [-0.1, -0.05) is 0 Å². The number of anilines is 1. The van der Waals surface area contributed by atoms with Crippen molar-refractivity contribution in [1.82, 2.24) is 19.9 Å². The summed E-state index contributed by atoms with van der Waals surface area (Å²) in [5.41, 5.74) is 11.5. The first-order valence-corrected chi connectivity index (χ1v) is 7.65. The summed E-state index contributed by atoms with van der Waals surface area (Å²) >= 11 is 0. The Balaban J connectivity index is 1.95. The van der Waals surface area contributed by atoms with Gasteiger partial charge in [0.05, 0.1) is 12.1 Å². The fraction of sp³-hybridized carbons (Fsp3) is 0.235. The molecule has 116 valence electrons. The number of fused-ring (bicyclic) bond motifs is 1. The maximum Gasteiger partial charge on any atom is 0.182 e. The number of hydrogen-bond acceptors (Lipinski definition) is 5. The number of pyridine rings is 1. The van der Waals surface area contributed by atoms with Crippen LogP contribution in [0.15, 0.2) is 35.3 Å². The Morgan fingerprint density at radius 2 is 1.96 bits per heavy atom. The highest BCUT2D eigenvalue weighted by atomic mass is 15.3. The average molecular weight is 306 g/mol. The van der Waals surface area contributed by atoms with Gasteiger partial charge in [0.1, 0.15) is 5.84 Å². The lowest BCUT2D eigenvalue weighted by atomic mass is 10.1. The number of nitrogens with two attached hydrogens (primary N) is 1. The summed E-state index contributed by atoms with van der Waals surface area (Å²) in [6, 6.07) is 9.73. The molecule has 0 radical (unpaired) electrons. The number of aromatic nitrogens is 3.